The lowest BCUT2D eigenvalue weighted by Crippen LogP contribution is -2.27. The second kappa shape index (κ2) is 10.8. The summed E-state index contributed by atoms with van der Waals surface area (Å²) < 4.78 is 16.6. The Kier molecular flexibility index (Phi) is 8.57. The lowest BCUT2D eigenvalue weighted by Gasteiger charge is -2.23. The second-order valence-electron chi connectivity index (χ2n) is 7.66. The van der Waals surface area contributed by atoms with Crippen LogP contribution in [0.5, 0.6) is 0 Å². The molecular formula is C23H28N2O7P+. The van der Waals surface area contributed by atoms with Gasteiger partial charge >= 0.3 is 13.9 Å². The van der Waals surface area contributed by atoms with Crippen LogP contribution in [-0.2, 0) is 13.8 Å². The summed E-state index contributed by atoms with van der Waals surface area (Å²) in [6.07, 6.45) is 0. The molecule has 1 aromatic carbocycles. The van der Waals surface area contributed by atoms with Crippen molar-refractivity contribution in [1.82, 2.24) is 4.98 Å². The minimum Gasteiger partial charge on any atom is -0.465 e. The lowest BCUT2D eigenvalue weighted by atomic mass is 9.97. The standard InChI is InChI=1S/C23H28N2O7P/c1-14(2)12-31-33(29,32-13-15(3)4)22-17(6)24-16(5)20(23(26)30-7)21(22)18-9-8-10-19(11-18)25(27)28/h8-11,29H,1,3,12-13H2,2,4-7H3/q+1. The van der Waals surface area contributed by atoms with Gasteiger partial charge in [0.25, 0.3) is 5.69 Å². The van der Waals surface area contributed by atoms with Gasteiger partial charge in [0.1, 0.15) is 13.2 Å². The third kappa shape index (κ3) is 6.09. The highest BCUT2D eigenvalue weighted by Gasteiger charge is 2.50. The van der Waals surface area contributed by atoms with Crippen molar-refractivity contribution in [3.63, 3.8) is 0 Å². The zero-order valence-corrected chi connectivity index (χ0v) is 20.3. The number of non-ortho nitro benzene ring substituents is 1. The normalized spacial score (nSPS) is 11.2. The summed E-state index contributed by atoms with van der Waals surface area (Å²) in [6, 6.07) is 5.73. The van der Waals surface area contributed by atoms with Crippen LogP contribution >= 0.6 is 7.94 Å². The topological polar surface area (TPSA) is 121 Å². The van der Waals surface area contributed by atoms with E-state index in [1.807, 2.05) is 0 Å². The molecule has 0 aliphatic carbocycles. The summed E-state index contributed by atoms with van der Waals surface area (Å²) >= 11 is 0. The predicted octanol–water partition coefficient (Wildman–Crippen LogP) is 4.63. The zero-order valence-electron chi connectivity index (χ0n) is 19.4. The van der Waals surface area contributed by atoms with E-state index in [2.05, 4.69) is 18.1 Å². The maximum Gasteiger partial charge on any atom is 0.449 e. The van der Waals surface area contributed by atoms with E-state index in [9.17, 15) is 19.8 Å². The first-order valence-corrected chi connectivity index (χ1v) is 11.5. The van der Waals surface area contributed by atoms with Gasteiger partial charge in [-0.1, -0.05) is 36.4 Å². The number of carbonyl (C=O) groups is 1. The fraction of sp³-hybridized carbons (Fsp3) is 0.304. The molecule has 176 valence electrons. The number of aromatic nitrogens is 1. The van der Waals surface area contributed by atoms with Crippen LogP contribution in [0.1, 0.15) is 35.6 Å². The van der Waals surface area contributed by atoms with Gasteiger partial charge in [-0.2, -0.15) is 13.9 Å². The number of nitro benzene ring substituents is 1. The number of benzene rings is 1. The highest BCUT2D eigenvalue weighted by atomic mass is 31.2. The van der Waals surface area contributed by atoms with E-state index in [-0.39, 0.29) is 35.3 Å². The Hall–Kier alpha value is -2.97. The largest absolute Gasteiger partial charge is 0.465 e. The predicted molar refractivity (Wildman–Crippen MR) is 127 cm³/mol. The molecule has 0 bridgehead atoms. The van der Waals surface area contributed by atoms with Gasteiger partial charge in [0.2, 0.25) is 5.30 Å². The van der Waals surface area contributed by atoms with Crippen molar-refractivity contribution >= 4 is 24.9 Å². The van der Waals surface area contributed by atoms with E-state index >= 15 is 0 Å². The minimum absolute atomic E-state index is 0.0181. The third-order valence-electron chi connectivity index (χ3n) is 4.52. The van der Waals surface area contributed by atoms with Crippen molar-refractivity contribution in [2.24, 2.45) is 0 Å². The number of ether oxygens (including phenoxy) is 1. The van der Waals surface area contributed by atoms with E-state index in [0.717, 1.165) is 0 Å². The number of aryl methyl sites for hydroxylation is 2. The van der Waals surface area contributed by atoms with E-state index < -0.39 is 18.8 Å². The number of hydrogen-bond acceptors (Lipinski definition) is 8. The molecule has 0 radical (unpaired) electrons. The minimum atomic E-state index is -3.87. The number of esters is 1. The Balaban J connectivity index is 2.96. The molecule has 10 heteroatoms. The molecule has 0 aliphatic rings. The average Bonchev–Trinajstić information content (AvgIpc) is 2.75. The molecule has 0 amide bonds. The molecular weight excluding hydrogens is 447 g/mol. The van der Waals surface area contributed by atoms with E-state index in [1.54, 1.807) is 33.8 Å². The first kappa shape index (κ1) is 26.3. The molecule has 2 aromatic rings. The monoisotopic (exact) mass is 475 g/mol. The van der Waals surface area contributed by atoms with Crippen LogP contribution in [0.3, 0.4) is 0 Å². The molecule has 0 fully saturated rings. The molecule has 1 heterocycles. The lowest BCUT2D eigenvalue weighted by molar-refractivity contribution is -0.384. The molecule has 0 saturated heterocycles. The van der Waals surface area contributed by atoms with E-state index in [4.69, 9.17) is 13.8 Å². The first-order chi connectivity index (χ1) is 15.4. The van der Waals surface area contributed by atoms with Crippen LogP contribution in [0.2, 0.25) is 0 Å². The molecule has 9 nitrogen and oxygen atoms in total. The van der Waals surface area contributed by atoms with Crippen molar-refractivity contribution in [2.45, 2.75) is 27.7 Å². The number of nitrogens with zero attached hydrogens (tertiary/aromatic N) is 2. The first-order valence-electron chi connectivity index (χ1n) is 9.95. The number of nitro groups is 1. The Morgan fingerprint density at radius 3 is 2.21 bits per heavy atom. The van der Waals surface area contributed by atoms with Crippen molar-refractivity contribution in [3.05, 3.63) is 75.6 Å². The zero-order chi connectivity index (χ0) is 24.9. The van der Waals surface area contributed by atoms with Crippen LogP contribution in [0.15, 0.2) is 48.6 Å². The third-order valence-corrected chi connectivity index (χ3v) is 6.59. The summed E-state index contributed by atoms with van der Waals surface area (Å²) in [4.78, 5) is 39.8. The van der Waals surface area contributed by atoms with Crippen molar-refractivity contribution < 1.29 is 28.4 Å². The SMILES string of the molecule is C=C(C)CO[P+](O)(OCC(=C)C)c1c(C)nc(C)c(C(=O)OC)c1-c1cccc([N+](=O)[O-])c1. The Morgan fingerprint density at radius 2 is 1.73 bits per heavy atom. The van der Waals surface area contributed by atoms with Crippen molar-refractivity contribution in [2.75, 3.05) is 20.3 Å². The molecule has 33 heavy (non-hydrogen) atoms. The van der Waals surface area contributed by atoms with Gasteiger partial charge in [0, 0.05) is 12.1 Å². The summed E-state index contributed by atoms with van der Waals surface area (Å²) in [5, 5.41) is 11.6. The number of pyridine rings is 1. The molecule has 2 rings (SSSR count). The summed E-state index contributed by atoms with van der Waals surface area (Å²) in [5.41, 5.74) is 2.32. The van der Waals surface area contributed by atoms with Crippen LogP contribution in [0.4, 0.5) is 5.69 Å². The second-order valence-corrected chi connectivity index (χ2v) is 9.67. The summed E-state index contributed by atoms with van der Waals surface area (Å²) in [7, 11) is -2.65. The molecule has 0 unspecified atom stereocenters. The Morgan fingerprint density at radius 1 is 1.15 bits per heavy atom. The maximum absolute atomic E-state index is 12.8. The van der Waals surface area contributed by atoms with Gasteiger partial charge in [-0.3, -0.25) is 15.1 Å². The number of hydrogen-bond donors (Lipinski definition) is 1. The van der Waals surface area contributed by atoms with Gasteiger partial charge in [-0.15, -0.1) is 0 Å². The summed E-state index contributed by atoms with van der Waals surface area (Å²) in [5.74, 6) is -0.714. The average molecular weight is 475 g/mol. The molecule has 0 spiro atoms. The highest BCUT2D eigenvalue weighted by molar-refractivity contribution is 7.69. The van der Waals surface area contributed by atoms with Gasteiger partial charge in [-0.25, -0.2) is 4.79 Å². The van der Waals surface area contributed by atoms with Gasteiger partial charge < -0.3 is 4.74 Å². The van der Waals surface area contributed by atoms with Crippen LogP contribution in [-0.4, -0.2) is 41.1 Å². The molecule has 0 aliphatic heterocycles. The summed E-state index contributed by atoms with van der Waals surface area (Å²) in [6.45, 7) is 14.3. The molecule has 1 aromatic heterocycles. The fourth-order valence-electron chi connectivity index (χ4n) is 3.16. The van der Waals surface area contributed by atoms with Crippen molar-refractivity contribution in [3.8, 4) is 11.1 Å². The molecule has 0 saturated carbocycles. The van der Waals surface area contributed by atoms with Crippen LogP contribution in [0.25, 0.3) is 11.1 Å². The smallest absolute Gasteiger partial charge is 0.449 e. The van der Waals surface area contributed by atoms with Crippen molar-refractivity contribution in [1.29, 1.82) is 0 Å². The highest BCUT2D eigenvalue weighted by Crippen LogP contribution is 2.59. The fourth-order valence-corrected chi connectivity index (χ4v) is 5.26. The van der Waals surface area contributed by atoms with E-state index in [0.29, 0.717) is 28.1 Å². The van der Waals surface area contributed by atoms with Gasteiger partial charge in [0.05, 0.1) is 34.5 Å². The molecule has 1 N–H and O–H groups in total. The number of methoxy groups -OCH3 is 1. The molecule has 0 atom stereocenters. The Labute approximate surface area is 193 Å². The number of rotatable bonds is 10. The van der Waals surface area contributed by atoms with Gasteiger partial charge in [-0.05, 0) is 33.3 Å². The quantitative estimate of drug-likeness (QED) is 0.174. The Bertz CT molecular complexity index is 1100. The maximum atomic E-state index is 12.8. The van der Waals surface area contributed by atoms with E-state index in [1.165, 1.54) is 25.3 Å². The van der Waals surface area contributed by atoms with Crippen LogP contribution in [0, 0.1) is 24.0 Å². The van der Waals surface area contributed by atoms with Crippen LogP contribution < -0.4 is 5.30 Å². The van der Waals surface area contributed by atoms with Gasteiger partial charge in [0.15, 0.2) is 0 Å². The number of carbonyl (C=O) groups excluding carboxylic acids is 1.